The highest BCUT2D eigenvalue weighted by Crippen LogP contribution is 2.36. The van der Waals surface area contributed by atoms with Gasteiger partial charge in [0.2, 0.25) is 0 Å². The number of benzene rings is 1. The van der Waals surface area contributed by atoms with Crippen LogP contribution in [0.4, 0.5) is 0 Å². The van der Waals surface area contributed by atoms with E-state index in [1.165, 1.54) is 7.11 Å². The molecule has 0 radical (unpaired) electrons. The maximum Gasteiger partial charge on any atom is 0.342 e. The number of hydrogen-bond acceptors (Lipinski definition) is 8. The lowest BCUT2D eigenvalue weighted by Gasteiger charge is -2.23. The van der Waals surface area contributed by atoms with Gasteiger partial charge in [0.05, 0.1) is 25.4 Å². The van der Waals surface area contributed by atoms with Crippen LogP contribution in [0.3, 0.4) is 0 Å². The lowest BCUT2D eigenvalue weighted by atomic mass is 9.94. The van der Waals surface area contributed by atoms with E-state index in [-0.39, 0.29) is 55.3 Å². The summed E-state index contributed by atoms with van der Waals surface area (Å²) < 4.78 is 34.9. The summed E-state index contributed by atoms with van der Waals surface area (Å²) in [4.78, 5) is 16.2. The molecule has 0 bridgehead atoms. The molecule has 3 rings (SSSR count). The number of hydrogen-bond donors (Lipinski definition) is 0. The molecule has 10 nitrogen and oxygen atoms in total. The standard InChI is InChI=1S/C27H37N3O7/c1-17-10-11-18(2)25-22(36-27(4,5)37-25)9-7-8-20-14-21(33-13-12-29-30-28)15-23(34-16-32-6)24(20)26(31)35-19(17)3/h7-8,10-11,14-15,17-19,22,25H,9,12-13,16H2,1-6H3/b8-7+,11-10-/t17-,18?,19?,22?,25?/m1/s1. The second-order valence-electron chi connectivity index (χ2n) is 9.73. The van der Waals surface area contributed by atoms with Gasteiger partial charge in [0, 0.05) is 29.9 Å². The van der Waals surface area contributed by atoms with Crippen molar-refractivity contribution in [2.24, 2.45) is 17.0 Å². The molecule has 10 heteroatoms. The van der Waals surface area contributed by atoms with E-state index in [2.05, 4.69) is 29.1 Å². The summed E-state index contributed by atoms with van der Waals surface area (Å²) in [5, 5.41) is 3.49. The van der Waals surface area contributed by atoms with Crippen LogP contribution in [0.5, 0.6) is 11.5 Å². The summed E-state index contributed by atoms with van der Waals surface area (Å²) in [5.74, 6) is -0.413. The zero-order valence-electron chi connectivity index (χ0n) is 22.4. The number of ether oxygens (including phenoxy) is 6. The Hall–Kier alpha value is -3.04. The number of methoxy groups -OCH3 is 1. The molecule has 37 heavy (non-hydrogen) atoms. The van der Waals surface area contributed by atoms with Gasteiger partial charge >= 0.3 is 5.97 Å². The van der Waals surface area contributed by atoms with E-state index in [0.717, 1.165) is 0 Å². The third kappa shape index (κ3) is 7.72. The molecule has 1 aromatic rings. The Kier molecular flexibility index (Phi) is 10.00. The molecule has 1 fully saturated rings. The maximum atomic E-state index is 13.4. The Bertz CT molecular complexity index is 1050. The van der Waals surface area contributed by atoms with E-state index in [1.54, 1.807) is 12.1 Å². The van der Waals surface area contributed by atoms with Crippen LogP contribution in [0.1, 0.15) is 57.0 Å². The molecular formula is C27H37N3O7. The molecule has 4 unspecified atom stereocenters. The van der Waals surface area contributed by atoms with Crippen molar-refractivity contribution < 1.29 is 33.2 Å². The number of carbonyl (C=O) groups is 1. The van der Waals surface area contributed by atoms with Gasteiger partial charge in [0.15, 0.2) is 12.6 Å². The fourth-order valence-electron chi connectivity index (χ4n) is 4.30. The molecular weight excluding hydrogens is 478 g/mol. The van der Waals surface area contributed by atoms with Crippen LogP contribution in [0, 0.1) is 11.8 Å². The van der Waals surface area contributed by atoms with Crippen LogP contribution in [-0.4, -0.2) is 57.1 Å². The summed E-state index contributed by atoms with van der Waals surface area (Å²) in [7, 11) is 1.50. The molecule has 0 aliphatic carbocycles. The number of esters is 1. The van der Waals surface area contributed by atoms with Crippen LogP contribution in [-0.2, 0) is 18.9 Å². The fraction of sp³-hybridized carbons (Fsp3) is 0.593. The topological polar surface area (TPSA) is 121 Å². The lowest BCUT2D eigenvalue weighted by Crippen LogP contribution is -2.29. The van der Waals surface area contributed by atoms with E-state index in [0.29, 0.717) is 17.7 Å². The first kappa shape index (κ1) is 28.5. The minimum atomic E-state index is -0.691. The van der Waals surface area contributed by atoms with Crippen molar-refractivity contribution in [3.8, 4) is 11.5 Å². The third-order valence-electron chi connectivity index (χ3n) is 6.32. The lowest BCUT2D eigenvalue weighted by molar-refractivity contribution is -0.148. The van der Waals surface area contributed by atoms with Crippen molar-refractivity contribution in [3.63, 3.8) is 0 Å². The molecule has 0 saturated carbocycles. The first-order valence-electron chi connectivity index (χ1n) is 12.5. The molecule has 202 valence electrons. The summed E-state index contributed by atoms with van der Waals surface area (Å²) >= 11 is 0. The predicted octanol–water partition coefficient (Wildman–Crippen LogP) is 5.67. The highest BCUT2D eigenvalue weighted by Gasteiger charge is 2.42. The minimum Gasteiger partial charge on any atom is -0.493 e. The van der Waals surface area contributed by atoms with E-state index in [9.17, 15) is 4.79 Å². The summed E-state index contributed by atoms with van der Waals surface area (Å²) in [6, 6.07) is 3.34. The Morgan fingerprint density at radius 1 is 1.14 bits per heavy atom. The second-order valence-corrected chi connectivity index (χ2v) is 9.73. The largest absolute Gasteiger partial charge is 0.493 e. The highest BCUT2D eigenvalue weighted by atomic mass is 16.8. The van der Waals surface area contributed by atoms with E-state index >= 15 is 0 Å². The number of rotatable bonds is 7. The smallest absolute Gasteiger partial charge is 0.342 e. The zero-order valence-corrected chi connectivity index (χ0v) is 22.4. The molecule has 0 amide bonds. The van der Waals surface area contributed by atoms with Gasteiger partial charge in [-0.3, -0.25) is 0 Å². The normalized spacial score (nSPS) is 29.0. The van der Waals surface area contributed by atoms with E-state index in [1.807, 2.05) is 39.8 Å². The van der Waals surface area contributed by atoms with E-state index in [4.69, 9.17) is 34.0 Å². The molecule has 0 spiro atoms. The van der Waals surface area contributed by atoms with Gasteiger partial charge in [-0.2, -0.15) is 0 Å². The average Bonchev–Trinajstić information content (AvgIpc) is 3.17. The second kappa shape index (κ2) is 13.0. The quantitative estimate of drug-likeness (QED) is 0.0872. The maximum absolute atomic E-state index is 13.4. The molecule has 1 saturated heterocycles. The highest BCUT2D eigenvalue weighted by molar-refractivity contribution is 5.97. The van der Waals surface area contributed by atoms with Crippen molar-refractivity contribution >= 4 is 12.0 Å². The zero-order chi connectivity index (χ0) is 27.0. The Morgan fingerprint density at radius 3 is 2.62 bits per heavy atom. The van der Waals surface area contributed by atoms with Gasteiger partial charge in [-0.1, -0.05) is 43.3 Å². The van der Waals surface area contributed by atoms with Gasteiger partial charge in [0.1, 0.15) is 23.2 Å². The average molecular weight is 516 g/mol. The first-order valence-corrected chi connectivity index (χ1v) is 12.5. The number of cyclic esters (lactones) is 1. The van der Waals surface area contributed by atoms with Crippen LogP contribution >= 0.6 is 0 Å². The molecule has 2 heterocycles. The molecule has 2 aliphatic rings. The Labute approximate surface area is 218 Å². The summed E-state index contributed by atoms with van der Waals surface area (Å²) in [5.41, 5.74) is 9.35. The van der Waals surface area contributed by atoms with Gasteiger partial charge in [-0.25, -0.2) is 4.79 Å². The molecule has 1 aromatic carbocycles. The first-order chi connectivity index (χ1) is 17.6. The van der Waals surface area contributed by atoms with Crippen LogP contribution in [0.2, 0.25) is 0 Å². The van der Waals surface area contributed by atoms with Gasteiger partial charge in [-0.05, 0) is 44.4 Å². The third-order valence-corrected chi connectivity index (χ3v) is 6.32. The van der Waals surface area contributed by atoms with Crippen molar-refractivity contribution in [1.29, 1.82) is 0 Å². The van der Waals surface area contributed by atoms with Crippen molar-refractivity contribution in [2.45, 2.75) is 65.1 Å². The van der Waals surface area contributed by atoms with Gasteiger partial charge < -0.3 is 28.4 Å². The van der Waals surface area contributed by atoms with Gasteiger partial charge in [-0.15, -0.1) is 0 Å². The summed E-state index contributed by atoms with van der Waals surface area (Å²) in [6.07, 6.45) is 7.84. The van der Waals surface area contributed by atoms with Crippen molar-refractivity contribution in [2.75, 3.05) is 27.1 Å². The van der Waals surface area contributed by atoms with Crippen molar-refractivity contribution in [3.05, 3.63) is 51.9 Å². The number of carbonyl (C=O) groups excluding carboxylic acids is 1. The molecule has 2 aliphatic heterocycles. The number of azide groups is 1. The Morgan fingerprint density at radius 2 is 1.89 bits per heavy atom. The number of fused-ring (bicyclic) bond motifs is 2. The van der Waals surface area contributed by atoms with Crippen LogP contribution < -0.4 is 9.47 Å². The minimum absolute atomic E-state index is 0.0336. The monoisotopic (exact) mass is 515 g/mol. The summed E-state index contributed by atoms with van der Waals surface area (Å²) in [6.45, 7) is 10.1. The van der Waals surface area contributed by atoms with Crippen LogP contribution in [0.15, 0.2) is 35.5 Å². The SMILES string of the molecule is COCOc1cc(OCCN=[N+]=[N-])cc2c1C(=O)OC(C)[C@H](C)/C=C\C(C)C1OC(C)(C)OC1C/C=C/2. The Balaban J connectivity index is 2.04. The van der Waals surface area contributed by atoms with Crippen LogP contribution in [0.25, 0.3) is 16.5 Å². The van der Waals surface area contributed by atoms with Gasteiger partial charge in [0.25, 0.3) is 0 Å². The van der Waals surface area contributed by atoms with E-state index < -0.39 is 17.9 Å². The van der Waals surface area contributed by atoms with Crippen molar-refractivity contribution in [1.82, 2.24) is 0 Å². The molecule has 5 atom stereocenters. The molecule has 0 aromatic heterocycles. The fourth-order valence-corrected chi connectivity index (χ4v) is 4.30. The number of nitrogens with zero attached hydrogens (tertiary/aromatic N) is 3. The predicted molar refractivity (Wildman–Crippen MR) is 138 cm³/mol. The molecule has 0 N–H and O–H groups in total.